The molecule has 0 aromatic heterocycles. The van der Waals surface area contributed by atoms with Crippen LogP contribution in [0.1, 0.15) is 25.3 Å². The van der Waals surface area contributed by atoms with E-state index in [2.05, 4.69) is 34.9 Å². The molecule has 0 amide bonds. The summed E-state index contributed by atoms with van der Waals surface area (Å²) in [6.07, 6.45) is 1.91. The number of methoxy groups -OCH3 is 1. The van der Waals surface area contributed by atoms with Gasteiger partial charge in [-0.15, -0.1) is 0 Å². The Kier molecular flexibility index (Phi) is 6.56. The Bertz CT molecular complexity index is 654. The molecule has 0 fully saturated rings. The summed E-state index contributed by atoms with van der Waals surface area (Å²) in [6.45, 7) is 2.13. The molecule has 2 rings (SSSR count). The molecule has 0 unspecified atom stereocenters. The van der Waals surface area contributed by atoms with Crippen molar-refractivity contribution in [3.63, 3.8) is 0 Å². The van der Waals surface area contributed by atoms with E-state index in [1.54, 1.807) is 7.11 Å². The molecule has 0 radical (unpaired) electrons. The summed E-state index contributed by atoms with van der Waals surface area (Å²) in [5.41, 5.74) is 5.90. The van der Waals surface area contributed by atoms with E-state index in [4.69, 9.17) is 17.0 Å². The van der Waals surface area contributed by atoms with Crippen molar-refractivity contribution in [3.8, 4) is 5.75 Å². The van der Waals surface area contributed by atoms with Gasteiger partial charge in [-0.25, -0.2) is 0 Å². The highest BCUT2D eigenvalue weighted by atomic mass is 32.1. The largest absolute Gasteiger partial charge is 0.497 e. The first-order chi connectivity index (χ1) is 11.2. The van der Waals surface area contributed by atoms with Crippen LogP contribution in [-0.4, -0.2) is 17.9 Å². The van der Waals surface area contributed by atoms with E-state index in [9.17, 15) is 0 Å². The van der Waals surface area contributed by atoms with E-state index in [0.29, 0.717) is 5.11 Å². The summed E-state index contributed by atoms with van der Waals surface area (Å²) >= 11 is 5.29. The Balaban J connectivity index is 1.99. The first-order valence-corrected chi connectivity index (χ1v) is 7.96. The molecule has 2 N–H and O–H groups in total. The predicted octanol–water partition coefficient (Wildman–Crippen LogP) is 4.19. The lowest BCUT2D eigenvalue weighted by atomic mass is 10.1. The molecule has 5 heteroatoms. The third kappa shape index (κ3) is 5.38. The molecule has 0 aliphatic rings. The summed E-state index contributed by atoms with van der Waals surface area (Å²) in [6, 6.07) is 17.7. The molecule has 2 aromatic carbocycles. The number of benzene rings is 2. The second-order valence-electron chi connectivity index (χ2n) is 4.97. The maximum Gasteiger partial charge on any atom is 0.191 e. The van der Waals surface area contributed by atoms with E-state index in [0.717, 1.165) is 35.6 Å². The number of hydrogen-bond donors (Lipinski definition) is 2. The minimum atomic E-state index is 0.458. The van der Waals surface area contributed by atoms with Crippen molar-refractivity contribution in [1.29, 1.82) is 0 Å². The number of ether oxygens (including phenoxy) is 1. The quantitative estimate of drug-likeness (QED) is 0.474. The molecule has 0 aliphatic heterocycles. The normalized spacial score (nSPS) is 11.0. The van der Waals surface area contributed by atoms with Gasteiger partial charge < -0.3 is 10.1 Å². The zero-order chi connectivity index (χ0) is 16.5. The Hall–Kier alpha value is -2.40. The van der Waals surface area contributed by atoms with Crippen LogP contribution in [0.4, 0.5) is 5.69 Å². The predicted molar refractivity (Wildman–Crippen MR) is 100 cm³/mol. The van der Waals surface area contributed by atoms with Crippen molar-refractivity contribution < 1.29 is 4.74 Å². The van der Waals surface area contributed by atoms with E-state index >= 15 is 0 Å². The van der Waals surface area contributed by atoms with Gasteiger partial charge in [0.05, 0.1) is 12.8 Å². The molecule has 120 valence electrons. The van der Waals surface area contributed by atoms with Crippen LogP contribution in [0.25, 0.3) is 0 Å². The Morgan fingerprint density at radius 2 is 1.78 bits per heavy atom. The van der Waals surface area contributed by atoms with Crippen LogP contribution in [0.15, 0.2) is 59.7 Å². The second kappa shape index (κ2) is 8.90. The van der Waals surface area contributed by atoms with Crippen LogP contribution in [-0.2, 0) is 0 Å². The first kappa shape index (κ1) is 17.0. The first-order valence-electron chi connectivity index (χ1n) is 7.56. The summed E-state index contributed by atoms with van der Waals surface area (Å²) in [4.78, 5) is 0. The van der Waals surface area contributed by atoms with Crippen molar-refractivity contribution >= 4 is 28.7 Å². The average molecular weight is 327 g/mol. The van der Waals surface area contributed by atoms with Crippen LogP contribution in [0, 0.1) is 0 Å². The summed E-state index contributed by atoms with van der Waals surface area (Å²) in [7, 11) is 1.64. The molecule has 0 heterocycles. The van der Waals surface area contributed by atoms with Gasteiger partial charge in [0, 0.05) is 5.69 Å². The van der Waals surface area contributed by atoms with Gasteiger partial charge in [0.15, 0.2) is 5.11 Å². The fraction of sp³-hybridized carbons (Fsp3) is 0.222. The number of thiocarbonyl (C=S) groups is 1. The van der Waals surface area contributed by atoms with Gasteiger partial charge in [-0.3, -0.25) is 5.43 Å². The number of nitrogens with zero attached hydrogens (tertiary/aromatic N) is 1. The molecule has 0 bridgehead atoms. The second-order valence-corrected chi connectivity index (χ2v) is 5.38. The zero-order valence-corrected chi connectivity index (χ0v) is 14.2. The summed E-state index contributed by atoms with van der Waals surface area (Å²) in [5.74, 6) is 0.807. The minimum Gasteiger partial charge on any atom is -0.497 e. The van der Waals surface area contributed by atoms with Crippen LogP contribution in [0.3, 0.4) is 0 Å². The van der Waals surface area contributed by atoms with E-state index in [1.165, 1.54) is 0 Å². The molecule has 2 aromatic rings. The van der Waals surface area contributed by atoms with Gasteiger partial charge in [-0.2, -0.15) is 5.10 Å². The van der Waals surface area contributed by atoms with Gasteiger partial charge in [0.2, 0.25) is 0 Å². The Morgan fingerprint density at radius 1 is 1.09 bits per heavy atom. The van der Waals surface area contributed by atoms with Crippen molar-refractivity contribution in [2.75, 3.05) is 12.4 Å². The number of hydrazone groups is 1. The van der Waals surface area contributed by atoms with Gasteiger partial charge >= 0.3 is 0 Å². The van der Waals surface area contributed by atoms with Gasteiger partial charge in [0.25, 0.3) is 0 Å². The lowest BCUT2D eigenvalue weighted by Gasteiger charge is -2.10. The van der Waals surface area contributed by atoms with Crippen molar-refractivity contribution in [2.45, 2.75) is 19.8 Å². The highest BCUT2D eigenvalue weighted by molar-refractivity contribution is 7.80. The van der Waals surface area contributed by atoms with Crippen LogP contribution >= 0.6 is 12.2 Å². The smallest absolute Gasteiger partial charge is 0.191 e. The number of nitrogens with one attached hydrogen (secondary N) is 2. The topological polar surface area (TPSA) is 45.7 Å². The summed E-state index contributed by atoms with van der Waals surface area (Å²) in [5, 5.41) is 8.01. The molecular formula is C18H21N3OS. The minimum absolute atomic E-state index is 0.458. The Morgan fingerprint density at radius 3 is 2.39 bits per heavy atom. The van der Waals surface area contributed by atoms with E-state index in [-0.39, 0.29) is 0 Å². The third-order valence-electron chi connectivity index (χ3n) is 3.23. The van der Waals surface area contributed by atoms with Crippen molar-refractivity contribution in [2.24, 2.45) is 5.10 Å². The van der Waals surface area contributed by atoms with Gasteiger partial charge in [-0.05, 0) is 48.5 Å². The fourth-order valence-corrected chi connectivity index (χ4v) is 2.25. The maximum atomic E-state index is 5.29. The average Bonchev–Trinajstić information content (AvgIpc) is 2.60. The molecule has 23 heavy (non-hydrogen) atoms. The highest BCUT2D eigenvalue weighted by Gasteiger charge is 2.03. The van der Waals surface area contributed by atoms with E-state index < -0.39 is 0 Å². The third-order valence-corrected chi connectivity index (χ3v) is 3.43. The van der Waals surface area contributed by atoms with Gasteiger partial charge in [0.1, 0.15) is 5.75 Å². The fourth-order valence-electron chi connectivity index (χ4n) is 2.08. The summed E-state index contributed by atoms with van der Waals surface area (Å²) < 4.78 is 5.13. The van der Waals surface area contributed by atoms with Gasteiger partial charge in [-0.1, -0.05) is 43.7 Å². The lowest BCUT2D eigenvalue weighted by molar-refractivity contribution is 0.415. The number of anilines is 1. The number of rotatable bonds is 6. The van der Waals surface area contributed by atoms with Crippen LogP contribution in [0.5, 0.6) is 5.75 Å². The van der Waals surface area contributed by atoms with Crippen molar-refractivity contribution in [3.05, 3.63) is 60.2 Å². The monoisotopic (exact) mass is 327 g/mol. The van der Waals surface area contributed by atoms with Crippen molar-refractivity contribution in [1.82, 2.24) is 5.43 Å². The zero-order valence-electron chi connectivity index (χ0n) is 13.4. The van der Waals surface area contributed by atoms with Crippen LogP contribution < -0.4 is 15.5 Å². The molecule has 0 atom stereocenters. The molecule has 0 spiro atoms. The van der Waals surface area contributed by atoms with E-state index in [1.807, 2.05) is 42.5 Å². The van der Waals surface area contributed by atoms with Crippen LogP contribution in [0.2, 0.25) is 0 Å². The Labute approximate surface area is 142 Å². The lowest BCUT2D eigenvalue weighted by Crippen LogP contribution is -2.25. The SMILES string of the molecule is CCC/C(=N/NC(=S)Nc1ccc(OC)cc1)c1ccccc1. The molecule has 4 nitrogen and oxygen atoms in total. The highest BCUT2D eigenvalue weighted by Crippen LogP contribution is 2.14. The molecule has 0 saturated carbocycles. The maximum absolute atomic E-state index is 5.29. The molecule has 0 aliphatic carbocycles. The molecular weight excluding hydrogens is 306 g/mol. The molecule has 0 saturated heterocycles. The number of hydrogen-bond acceptors (Lipinski definition) is 3. The standard InChI is InChI=1S/C18H21N3OS/c1-3-7-17(14-8-5-4-6-9-14)20-21-18(23)19-15-10-12-16(22-2)13-11-15/h4-6,8-13H,3,7H2,1-2H3,(H2,19,21,23)/b20-17-.